The summed E-state index contributed by atoms with van der Waals surface area (Å²) >= 11 is 1.31. The molecule has 0 unspecified atom stereocenters. The van der Waals surface area contributed by atoms with Crippen molar-refractivity contribution in [3.63, 3.8) is 0 Å². The lowest BCUT2D eigenvalue weighted by Crippen LogP contribution is -2.14. The van der Waals surface area contributed by atoms with Crippen molar-refractivity contribution in [3.8, 4) is 17.3 Å². The Kier molecular flexibility index (Phi) is 4.72. The van der Waals surface area contributed by atoms with Crippen LogP contribution in [0, 0.1) is 17.1 Å². The van der Waals surface area contributed by atoms with Gasteiger partial charge < -0.3 is 9.55 Å². The molecule has 0 amide bonds. The highest BCUT2D eigenvalue weighted by atomic mass is 32.2. The molecule has 1 N–H and O–H groups in total. The lowest BCUT2D eigenvalue weighted by atomic mass is 10.1. The molecule has 138 valence electrons. The molecule has 4 aromatic rings. The molecule has 0 aliphatic carbocycles. The highest BCUT2D eigenvalue weighted by Crippen LogP contribution is 2.26. The van der Waals surface area contributed by atoms with Crippen molar-refractivity contribution in [2.45, 2.75) is 11.7 Å². The molecule has 5 nitrogen and oxygen atoms in total. The monoisotopic (exact) mass is 390 g/mol. The second-order valence-electron chi connectivity index (χ2n) is 6.25. The van der Waals surface area contributed by atoms with Gasteiger partial charge in [-0.25, -0.2) is 9.37 Å². The first-order valence-electron chi connectivity index (χ1n) is 8.51. The average molecular weight is 390 g/mol. The molecule has 0 saturated carbocycles. The zero-order chi connectivity index (χ0) is 19.7. The number of thioether (sulfide) groups is 1. The topological polar surface area (TPSA) is 74.5 Å². The molecule has 0 aliphatic rings. The third-order valence-electron chi connectivity index (χ3n) is 4.51. The van der Waals surface area contributed by atoms with E-state index in [1.165, 1.54) is 23.9 Å². The molecule has 0 saturated heterocycles. The Labute approximate surface area is 164 Å². The van der Waals surface area contributed by atoms with E-state index in [1.54, 1.807) is 12.1 Å². The minimum Gasteiger partial charge on any atom is -0.343 e. The fourth-order valence-corrected chi connectivity index (χ4v) is 3.51. The summed E-state index contributed by atoms with van der Waals surface area (Å²) in [5.74, 6) is -0.256. The summed E-state index contributed by atoms with van der Waals surface area (Å²) in [7, 11) is 0. The van der Waals surface area contributed by atoms with E-state index in [2.05, 4.69) is 14.5 Å². The van der Waals surface area contributed by atoms with Crippen molar-refractivity contribution < 1.29 is 4.39 Å². The zero-order valence-corrected chi connectivity index (χ0v) is 15.8. The minimum atomic E-state index is -0.439. The largest absolute Gasteiger partial charge is 0.343 e. The number of nitrogens with zero attached hydrogens (tertiary/aromatic N) is 3. The maximum atomic E-state index is 13.1. The summed E-state index contributed by atoms with van der Waals surface area (Å²) < 4.78 is 15.2. The highest BCUT2D eigenvalue weighted by molar-refractivity contribution is 7.98. The van der Waals surface area contributed by atoms with Crippen LogP contribution < -0.4 is 5.56 Å². The fraction of sp³-hybridized carbons (Fsp3) is 0.0952. The second-order valence-corrected chi connectivity index (χ2v) is 7.05. The van der Waals surface area contributed by atoms with Gasteiger partial charge in [0.1, 0.15) is 17.4 Å². The number of halogens is 1. The standard InChI is InChI=1S/C21H15FN4OS/c1-28-21-24-19(17(11-23)20(27)25-21)15-4-7-18-14(10-15)8-9-26(18)12-13-2-5-16(22)6-3-13/h2-10H,12H2,1H3,(H,24,25,27). The van der Waals surface area contributed by atoms with E-state index < -0.39 is 5.56 Å². The van der Waals surface area contributed by atoms with Crippen LogP contribution in [0.1, 0.15) is 11.1 Å². The number of rotatable bonds is 4. The van der Waals surface area contributed by atoms with Crippen LogP contribution in [0.15, 0.2) is 64.7 Å². The van der Waals surface area contributed by atoms with Gasteiger partial charge in [0.2, 0.25) is 0 Å². The van der Waals surface area contributed by atoms with Gasteiger partial charge in [0.15, 0.2) is 5.16 Å². The van der Waals surface area contributed by atoms with Gasteiger partial charge in [-0.2, -0.15) is 5.26 Å². The molecule has 0 aliphatic heterocycles. The number of fused-ring (bicyclic) bond motifs is 1. The highest BCUT2D eigenvalue weighted by Gasteiger charge is 2.14. The normalized spacial score (nSPS) is 10.9. The first kappa shape index (κ1) is 18.0. The number of benzene rings is 2. The molecule has 2 aromatic carbocycles. The fourth-order valence-electron chi connectivity index (χ4n) is 3.13. The maximum Gasteiger partial charge on any atom is 0.270 e. The van der Waals surface area contributed by atoms with Crippen LogP contribution in [0.2, 0.25) is 0 Å². The quantitative estimate of drug-likeness (QED) is 0.419. The molecular weight excluding hydrogens is 375 g/mol. The number of H-pyrrole nitrogens is 1. The van der Waals surface area contributed by atoms with Gasteiger partial charge >= 0.3 is 0 Å². The number of hydrogen-bond donors (Lipinski definition) is 1. The van der Waals surface area contributed by atoms with Crippen molar-refractivity contribution in [3.05, 3.63) is 82.0 Å². The zero-order valence-electron chi connectivity index (χ0n) is 14.9. The Morgan fingerprint density at radius 2 is 2.00 bits per heavy atom. The summed E-state index contributed by atoms with van der Waals surface area (Å²) in [6.45, 7) is 0.618. The first-order valence-corrected chi connectivity index (χ1v) is 9.73. The van der Waals surface area contributed by atoms with Crippen molar-refractivity contribution in [2.75, 3.05) is 6.26 Å². The van der Waals surface area contributed by atoms with Crippen LogP contribution in [-0.4, -0.2) is 20.8 Å². The Hall–Kier alpha value is -3.37. The third-order valence-corrected chi connectivity index (χ3v) is 5.09. The maximum absolute atomic E-state index is 13.1. The molecule has 0 bridgehead atoms. The van der Waals surface area contributed by atoms with E-state index in [0.29, 0.717) is 23.0 Å². The van der Waals surface area contributed by atoms with Gasteiger partial charge in [-0.15, -0.1) is 0 Å². The van der Waals surface area contributed by atoms with E-state index in [4.69, 9.17) is 0 Å². The molecule has 2 aromatic heterocycles. The summed E-state index contributed by atoms with van der Waals surface area (Å²) in [5.41, 5.74) is 2.65. The molecule has 28 heavy (non-hydrogen) atoms. The van der Waals surface area contributed by atoms with Crippen molar-refractivity contribution in [1.82, 2.24) is 14.5 Å². The van der Waals surface area contributed by atoms with Gasteiger partial charge in [-0.1, -0.05) is 30.0 Å². The number of hydrogen-bond acceptors (Lipinski definition) is 4. The van der Waals surface area contributed by atoms with Crippen molar-refractivity contribution in [1.29, 1.82) is 5.26 Å². The third kappa shape index (κ3) is 3.30. The van der Waals surface area contributed by atoms with Crippen LogP contribution in [0.5, 0.6) is 0 Å². The number of aromatic amines is 1. The molecule has 0 atom stereocenters. The summed E-state index contributed by atoms with van der Waals surface area (Å²) in [5, 5.41) is 10.8. The molecule has 0 spiro atoms. The molecule has 0 fully saturated rings. The number of aromatic nitrogens is 3. The SMILES string of the molecule is CSc1nc(-c2ccc3c(ccn3Cc3ccc(F)cc3)c2)c(C#N)c(=O)[nH]1. The molecule has 2 heterocycles. The summed E-state index contributed by atoms with van der Waals surface area (Å²) in [6.07, 6.45) is 3.77. The number of nitrogens with one attached hydrogen (secondary N) is 1. The van der Waals surface area contributed by atoms with Crippen LogP contribution in [-0.2, 0) is 6.54 Å². The van der Waals surface area contributed by atoms with Crippen LogP contribution in [0.4, 0.5) is 4.39 Å². The van der Waals surface area contributed by atoms with Crippen molar-refractivity contribution in [2.24, 2.45) is 0 Å². The van der Waals surface area contributed by atoms with Gasteiger partial charge in [0, 0.05) is 29.2 Å². The molecular formula is C21H15FN4OS. The van der Waals surface area contributed by atoms with E-state index in [1.807, 2.05) is 42.8 Å². The molecule has 0 radical (unpaired) electrons. The van der Waals surface area contributed by atoms with E-state index >= 15 is 0 Å². The summed E-state index contributed by atoms with van der Waals surface area (Å²) in [4.78, 5) is 19.2. The Morgan fingerprint density at radius 3 is 2.71 bits per heavy atom. The predicted molar refractivity (Wildman–Crippen MR) is 108 cm³/mol. The Bertz CT molecular complexity index is 1270. The van der Waals surface area contributed by atoms with Crippen molar-refractivity contribution >= 4 is 22.7 Å². The molecule has 7 heteroatoms. The summed E-state index contributed by atoms with van der Waals surface area (Å²) in [6, 6.07) is 16.1. The lowest BCUT2D eigenvalue weighted by molar-refractivity contribution is 0.626. The van der Waals surface area contributed by atoms with Gasteiger partial charge in [0.25, 0.3) is 5.56 Å². The van der Waals surface area contributed by atoms with Crippen LogP contribution >= 0.6 is 11.8 Å². The van der Waals surface area contributed by atoms with E-state index in [-0.39, 0.29) is 11.4 Å². The van der Waals surface area contributed by atoms with Crippen LogP contribution in [0.25, 0.3) is 22.2 Å². The average Bonchev–Trinajstić information content (AvgIpc) is 3.11. The predicted octanol–water partition coefficient (Wildman–Crippen LogP) is 4.17. The Balaban J connectivity index is 1.76. The van der Waals surface area contributed by atoms with Gasteiger partial charge in [-0.3, -0.25) is 4.79 Å². The number of nitriles is 1. The van der Waals surface area contributed by atoms with E-state index in [0.717, 1.165) is 16.5 Å². The smallest absolute Gasteiger partial charge is 0.270 e. The lowest BCUT2D eigenvalue weighted by Gasteiger charge is -2.08. The first-order chi connectivity index (χ1) is 13.6. The van der Waals surface area contributed by atoms with E-state index in [9.17, 15) is 14.4 Å². The van der Waals surface area contributed by atoms with Gasteiger partial charge in [-0.05, 0) is 42.2 Å². The van der Waals surface area contributed by atoms with Gasteiger partial charge in [0.05, 0.1) is 5.69 Å². The minimum absolute atomic E-state index is 0.00268. The van der Waals surface area contributed by atoms with Crippen LogP contribution in [0.3, 0.4) is 0 Å². The Morgan fingerprint density at radius 1 is 1.21 bits per heavy atom. The molecule has 4 rings (SSSR count). The second kappa shape index (κ2) is 7.33.